The normalized spacial score (nSPS) is 10.7. The monoisotopic (exact) mass is 255 g/mol. The van der Waals surface area contributed by atoms with E-state index in [0.29, 0.717) is 6.61 Å². The molecule has 0 amide bonds. The molecule has 1 aromatic heterocycles. The summed E-state index contributed by atoms with van der Waals surface area (Å²) in [5.41, 5.74) is 2.19. The Kier molecular flexibility index (Phi) is 2.99. The minimum absolute atomic E-state index is 0.685. The molecule has 3 aromatic rings. The lowest BCUT2D eigenvalue weighted by Crippen LogP contribution is -1.91. The molecule has 0 fully saturated rings. The van der Waals surface area contributed by atoms with E-state index in [4.69, 9.17) is 4.74 Å². The Balaban J connectivity index is 2.22. The van der Waals surface area contributed by atoms with Gasteiger partial charge in [0.15, 0.2) is 0 Å². The number of benzene rings is 2. The lowest BCUT2D eigenvalue weighted by molar-refractivity contribution is 0.341. The first-order valence-corrected chi connectivity index (χ1v) is 6.78. The van der Waals surface area contributed by atoms with Crippen molar-refractivity contribution in [3.63, 3.8) is 0 Å². The topological polar surface area (TPSA) is 22.1 Å². The Morgan fingerprint density at radius 3 is 2.89 bits per heavy atom. The zero-order chi connectivity index (χ0) is 12.4. The van der Waals surface area contributed by atoms with Gasteiger partial charge in [0.1, 0.15) is 5.75 Å². The molecular formula is C15H13NOS. The summed E-state index contributed by atoms with van der Waals surface area (Å²) < 4.78 is 9.98. The van der Waals surface area contributed by atoms with Gasteiger partial charge in [-0.05, 0) is 47.4 Å². The molecule has 1 heterocycles. The van der Waals surface area contributed by atoms with Gasteiger partial charge in [-0.2, -0.15) is 4.37 Å². The Bertz CT molecular complexity index is 661. The van der Waals surface area contributed by atoms with Gasteiger partial charge in [-0.15, -0.1) is 0 Å². The summed E-state index contributed by atoms with van der Waals surface area (Å²) in [6, 6.07) is 14.5. The Morgan fingerprint density at radius 1 is 1.17 bits per heavy atom. The number of fused-ring (bicyclic) bond motifs is 1. The smallest absolute Gasteiger partial charge is 0.119 e. The van der Waals surface area contributed by atoms with E-state index in [2.05, 4.69) is 34.7 Å². The van der Waals surface area contributed by atoms with Crippen molar-refractivity contribution in [1.82, 2.24) is 4.37 Å². The van der Waals surface area contributed by atoms with E-state index >= 15 is 0 Å². The van der Waals surface area contributed by atoms with Gasteiger partial charge >= 0.3 is 0 Å². The molecule has 0 saturated carbocycles. The molecule has 0 saturated heterocycles. The van der Waals surface area contributed by atoms with Gasteiger partial charge in [-0.1, -0.05) is 24.3 Å². The van der Waals surface area contributed by atoms with Gasteiger partial charge in [0.2, 0.25) is 0 Å². The summed E-state index contributed by atoms with van der Waals surface area (Å²) in [5.74, 6) is 0.910. The highest BCUT2D eigenvalue weighted by atomic mass is 32.1. The van der Waals surface area contributed by atoms with Crippen molar-refractivity contribution in [3.05, 3.63) is 47.8 Å². The molecule has 2 nitrogen and oxygen atoms in total. The van der Waals surface area contributed by atoms with Crippen molar-refractivity contribution >= 4 is 22.3 Å². The molecule has 90 valence electrons. The van der Waals surface area contributed by atoms with Crippen LogP contribution in [0.4, 0.5) is 0 Å². The Hall–Kier alpha value is -1.87. The quantitative estimate of drug-likeness (QED) is 0.693. The van der Waals surface area contributed by atoms with Crippen molar-refractivity contribution in [2.75, 3.05) is 6.61 Å². The number of rotatable bonds is 3. The van der Waals surface area contributed by atoms with Crippen LogP contribution < -0.4 is 4.74 Å². The fraction of sp³-hybridized carbons (Fsp3) is 0.133. The second-order valence-electron chi connectivity index (χ2n) is 4.01. The molecule has 0 bridgehead atoms. The van der Waals surface area contributed by atoms with Crippen LogP contribution in [-0.4, -0.2) is 11.0 Å². The number of aromatic nitrogens is 1. The Morgan fingerprint density at radius 2 is 2.11 bits per heavy atom. The van der Waals surface area contributed by atoms with Gasteiger partial charge in [0.25, 0.3) is 0 Å². The third kappa shape index (κ3) is 1.97. The molecule has 0 unspecified atom stereocenters. The number of nitrogens with zero attached hydrogens (tertiary/aromatic N) is 1. The van der Waals surface area contributed by atoms with Gasteiger partial charge in [-0.3, -0.25) is 0 Å². The van der Waals surface area contributed by atoms with Gasteiger partial charge in [0, 0.05) is 10.9 Å². The highest BCUT2D eigenvalue weighted by molar-refractivity contribution is 7.03. The highest BCUT2D eigenvalue weighted by Gasteiger charge is 2.06. The van der Waals surface area contributed by atoms with E-state index in [1.165, 1.54) is 22.3 Å². The molecule has 0 aliphatic rings. The van der Waals surface area contributed by atoms with Crippen LogP contribution in [-0.2, 0) is 0 Å². The van der Waals surface area contributed by atoms with Crippen molar-refractivity contribution in [3.8, 4) is 17.0 Å². The van der Waals surface area contributed by atoms with Crippen molar-refractivity contribution < 1.29 is 4.74 Å². The number of hydrogen-bond acceptors (Lipinski definition) is 3. The fourth-order valence-corrected chi connectivity index (χ4v) is 2.61. The van der Waals surface area contributed by atoms with Crippen LogP contribution in [0.5, 0.6) is 5.75 Å². The zero-order valence-electron chi connectivity index (χ0n) is 10.1. The summed E-state index contributed by atoms with van der Waals surface area (Å²) >= 11 is 1.48. The van der Waals surface area contributed by atoms with Crippen LogP contribution in [0.25, 0.3) is 22.0 Å². The molecule has 18 heavy (non-hydrogen) atoms. The van der Waals surface area contributed by atoms with E-state index in [0.717, 1.165) is 17.0 Å². The third-order valence-corrected chi connectivity index (χ3v) is 3.44. The summed E-state index contributed by atoms with van der Waals surface area (Å²) in [6.45, 7) is 2.68. The number of ether oxygens (including phenoxy) is 1. The average molecular weight is 255 g/mol. The molecule has 3 rings (SSSR count). The van der Waals surface area contributed by atoms with Crippen LogP contribution >= 0.6 is 11.5 Å². The van der Waals surface area contributed by atoms with E-state index in [9.17, 15) is 0 Å². The zero-order valence-corrected chi connectivity index (χ0v) is 10.9. The predicted molar refractivity (Wildman–Crippen MR) is 76.2 cm³/mol. The minimum atomic E-state index is 0.685. The Labute approximate surface area is 110 Å². The summed E-state index contributed by atoms with van der Waals surface area (Å²) in [6.07, 6.45) is 0. The fourth-order valence-electron chi connectivity index (χ4n) is 2.08. The van der Waals surface area contributed by atoms with Crippen LogP contribution in [0.1, 0.15) is 6.92 Å². The molecular weight excluding hydrogens is 242 g/mol. The maximum atomic E-state index is 5.57. The molecule has 0 spiro atoms. The van der Waals surface area contributed by atoms with Crippen LogP contribution in [0.2, 0.25) is 0 Å². The first-order valence-electron chi connectivity index (χ1n) is 5.95. The standard InChI is InChI=1S/C15H13NOS/c1-2-17-12-7-6-11-4-3-5-13(14(11)10-12)15-8-9-18-16-15/h3-10H,2H2,1H3. The first-order chi connectivity index (χ1) is 8.88. The average Bonchev–Trinajstić information content (AvgIpc) is 2.92. The SMILES string of the molecule is CCOc1ccc2cccc(-c3ccsn3)c2c1. The lowest BCUT2D eigenvalue weighted by Gasteiger charge is -2.07. The van der Waals surface area contributed by atoms with E-state index in [1.807, 2.05) is 24.4 Å². The van der Waals surface area contributed by atoms with Crippen molar-refractivity contribution in [1.29, 1.82) is 0 Å². The second-order valence-corrected chi connectivity index (χ2v) is 4.67. The lowest BCUT2D eigenvalue weighted by atomic mass is 10.0. The molecule has 0 aliphatic carbocycles. The van der Waals surface area contributed by atoms with E-state index in [1.54, 1.807) is 0 Å². The summed E-state index contributed by atoms with van der Waals surface area (Å²) in [4.78, 5) is 0. The summed E-state index contributed by atoms with van der Waals surface area (Å²) in [5, 5.41) is 4.40. The molecule has 0 aliphatic heterocycles. The predicted octanol–water partition coefficient (Wildman–Crippen LogP) is 4.36. The first kappa shape index (κ1) is 11.2. The minimum Gasteiger partial charge on any atom is -0.494 e. The largest absolute Gasteiger partial charge is 0.494 e. The van der Waals surface area contributed by atoms with Crippen LogP contribution in [0, 0.1) is 0 Å². The maximum Gasteiger partial charge on any atom is 0.119 e. The third-order valence-electron chi connectivity index (χ3n) is 2.88. The van der Waals surface area contributed by atoms with Crippen LogP contribution in [0.3, 0.4) is 0 Å². The molecule has 0 atom stereocenters. The molecule has 3 heteroatoms. The highest BCUT2D eigenvalue weighted by Crippen LogP contribution is 2.30. The van der Waals surface area contributed by atoms with Crippen LogP contribution in [0.15, 0.2) is 47.8 Å². The van der Waals surface area contributed by atoms with E-state index in [-0.39, 0.29) is 0 Å². The van der Waals surface area contributed by atoms with Crippen molar-refractivity contribution in [2.45, 2.75) is 6.92 Å². The van der Waals surface area contributed by atoms with Gasteiger partial charge in [0.05, 0.1) is 12.3 Å². The summed E-state index contributed by atoms with van der Waals surface area (Å²) in [7, 11) is 0. The molecule has 0 radical (unpaired) electrons. The molecule has 0 N–H and O–H groups in total. The molecule has 2 aromatic carbocycles. The maximum absolute atomic E-state index is 5.57. The van der Waals surface area contributed by atoms with Crippen molar-refractivity contribution in [2.24, 2.45) is 0 Å². The van der Waals surface area contributed by atoms with Gasteiger partial charge in [-0.25, -0.2) is 0 Å². The second kappa shape index (κ2) is 4.78. The van der Waals surface area contributed by atoms with Gasteiger partial charge < -0.3 is 4.74 Å². The number of hydrogen-bond donors (Lipinski definition) is 0. The van der Waals surface area contributed by atoms with E-state index < -0.39 is 0 Å².